The number of piperidine rings is 2. The lowest BCUT2D eigenvalue weighted by Gasteiger charge is -2.46. The van der Waals surface area contributed by atoms with E-state index in [0.717, 1.165) is 60.7 Å². The van der Waals surface area contributed by atoms with E-state index in [2.05, 4.69) is 31.7 Å². The van der Waals surface area contributed by atoms with Crippen LogP contribution in [0.3, 0.4) is 0 Å². The summed E-state index contributed by atoms with van der Waals surface area (Å²) in [7, 11) is 0. The van der Waals surface area contributed by atoms with Crippen LogP contribution in [-0.4, -0.2) is 75.4 Å². The molecular weight excluding hydrogens is 605 g/mol. The molecule has 7 heterocycles. The fourth-order valence-electron chi connectivity index (χ4n) is 8.21. The van der Waals surface area contributed by atoms with E-state index in [-0.39, 0.29) is 54.2 Å². The number of hydrogen-bond acceptors (Lipinski definition) is 8. The quantitative estimate of drug-likeness (QED) is 0.227. The van der Waals surface area contributed by atoms with Gasteiger partial charge in [-0.05, 0) is 79.1 Å². The van der Waals surface area contributed by atoms with E-state index >= 15 is 4.39 Å². The van der Waals surface area contributed by atoms with Crippen molar-refractivity contribution in [2.45, 2.75) is 63.1 Å². The molecule has 2 aromatic carbocycles. The van der Waals surface area contributed by atoms with Crippen LogP contribution in [0.4, 0.5) is 19.0 Å². The molecule has 2 N–H and O–H groups in total. The zero-order valence-electron chi connectivity index (χ0n) is 26.3. The third-order valence-corrected chi connectivity index (χ3v) is 10.7. The second kappa shape index (κ2) is 11.5. The first-order chi connectivity index (χ1) is 22.7. The molecule has 11 heteroatoms. The Bertz CT molecular complexity index is 1950. The number of allylic oxidation sites excluding steroid dienone is 1. The molecular formula is C36H37F3N6O2. The zero-order valence-corrected chi connectivity index (χ0v) is 26.3. The number of nitrogens with zero attached hydrogens (tertiary/aromatic N) is 5. The molecule has 5 aliphatic rings. The van der Waals surface area contributed by atoms with Gasteiger partial charge in [-0.25, -0.2) is 4.39 Å². The Kier molecular flexibility index (Phi) is 7.36. The summed E-state index contributed by atoms with van der Waals surface area (Å²) in [5.74, 6) is -0.0960. The molecule has 5 saturated heterocycles. The molecule has 9 rings (SSSR count). The first-order valence-electron chi connectivity index (χ1n) is 16.5. The van der Waals surface area contributed by atoms with Gasteiger partial charge in [-0.2, -0.15) is 18.7 Å². The number of aromatic nitrogens is 3. The van der Waals surface area contributed by atoms with Gasteiger partial charge in [0, 0.05) is 49.1 Å². The van der Waals surface area contributed by atoms with Crippen LogP contribution in [0.1, 0.15) is 51.0 Å². The van der Waals surface area contributed by atoms with Gasteiger partial charge >= 0.3 is 6.01 Å². The predicted molar refractivity (Wildman–Crippen MR) is 176 cm³/mol. The van der Waals surface area contributed by atoms with Crippen molar-refractivity contribution < 1.29 is 23.0 Å². The number of pyridine rings is 1. The predicted octanol–water partition coefficient (Wildman–Crippen LogP) is 6.82. The normalized spacial score (nSPS) is 24.0. The SMILES string of the molecule is C=C(CC)c1cccc2cc(O)cc(-c3ncc4c(N5CC6CCC5CN6)nc(OCC56CCCN5CC(=C(F)F)C6)nc4c3F)c12. The minimum atomic E-state index is -1.62. The Morgan fingerprint density at radius 2 is 2.09 bits per heavy atom. The largest absolute Gasteiger partial charge is 0.508 e. The maximum Gasteiger partial charge on any atom is 0.319 e. The van der Waals surface area contributed by atoms with E-state index in [1.165, 1.54) is 6.07 Å². The molecule has 8 nitrogen and oxygen atoms in total. The minimum absolute atomic E-state index is 0.00706. The van der Waals surface area contributed by atoms with E-state index in [4.69, 9.17) is 9.72 Å². The monoisotopic (exact) mass is 642 g/mol. The standard InChI is InChI=1S/C36H37F3N6O2/c1-3-20(2)26-7-4-6-21-12-25(46)13-27(29(21)26)31-30(37)32-28(16-41-31)34(45-18-23-8-9-24(45)15-40-23)43-35(42-32)47-19-36-10-5-11-44(36)17-22(14-36)33(38)39/h4,6-7,12-13,16,23-24,40,46H,2-3,5,8-11,14-15,17-19H2,1H3. The molecule has 5 fully saturated rings. The molecule has 2 bridgehead atoms. The maximum absolute atomic E-state index is 17.0. The highest BCUT2D eigenvalue weighted by Gasteiger charge is 2.48. The van der Waals surface area contributed by atoms with Crippen molar-refractivity contribution in [1.82, 2.24) is 25.2 Å². The summed E-state index contributed by atoms with van der Waals surface area (Å²) in [6, 6.07) is 9.38. The molecule has 244 valence electrons. The highest BCUT2D eigenvalue weighted by atomic mass is 19.3. The fraction of sp³-hybridized carbons (Fsp3) is 0.417. The number of hydrogen-bond donors (Lipinski definition) is 2. The van der Waals surface area contributed by atoms with Gasteiger partial charge in [-0.3, -0.25) is 9.88 Å². The number of halogens is 3. The Morgan fingerprint density at radius 1 is 1.21 bits per heavy atom. The van der Waals surface area contributed by atoms with Crippen molar-refractivity contribution in [1.29, 1.82) is 0 Å². The number of phenolic OH excluding ortho intramolecular Hbond substituents is 1. The lowest BCUT2D eigenvalue weighted by atomic mass is 9.92. The third-order valence-electron chi connectivity index (χ3n) is 10.7. The number of nitrogens with one attached hydrogen (secondary N) is 1. The lowest BCUT2D eigenvalue weighted by molar-refractivity contribution is 0.108. The highest BCUT2D eigenvalue weighted by molar-refractivity contribution is 6.05. The molecule has 2 aromatic heterocycles. The summed E-state index contributed by atoms with van der Waals surface area (Å²) in [5.41, 5.74) is 1.89. The maximum atomic E-state index is 17.0. The summed E-state index contributed by atoms with van der Waals surface area (Å²) in [5, 5.41) is 16.2. The van der Waals surface area contributed by atoms with Gasteiger partial charge in [0.25, 0.3) is 6.08 Å². The van der Waals surface area contributed by atoms with Crippen LogP contribution >= 0.6 is 0 Å². The average molecular weight is 643 g/mol. The number of anilines is 1. The van der Waals surface area contributed by atoms with Crippen LogP contribution < -0.4 is 15.0 Å². The number of phenols is 1. The van der Waals surface area contributed by atoms with Crippen LogP contribution in [0.5, 0.6) is 11.8 Å². The van der Waals surface area contributed by atoms with E-state index < -0.39 is 17.4 Å². The summed E-state index contributed by atoms with van der Waals surface area (Å²) >= 11 is 0. The minimum Gasteiger partial charge on any atom is -0.508 e. The van der Waals surface area contributed by atoms with Gasteiger partial charge in [0.2, 0.25) is 0 Å². The molecule has 47 heavy (non-hydrogen) atoms. The molecule has 0 amide bonds. The van der Waals surface area contributed by atoms with Crippen molar-refractivity contribution in [3.8, 4) is 23.0 Å². The van der Waals surface area contributed by atoms with E-state index in [9.17, 15) is 13.9 Å². The molecule has 0 saturated carbocycles. The summed E-state index contributed by atoms with van der Waals surface area (Å²) in [6.07, 6.45) is 4.58. The average Bonchev–Trinajstić information content (AvgIpc) is 3.65. The molecule has 4 aromatic rings. The van der Waals surface area contributed by atoms with Crippen LogP contribution in [0.25, 0.3) is 38.5 Å². The lowest BCUT2D eigenvalue weighted by Crippen LogP contribution is -2.61. The van der Waals surface area contributed by atoms with Crippen molar-refractivity contribution in [3.05, 3.63) is 66.1 Å². The first-order valence-corrected chi connectivity index (χ1v) is 16.5. The molecule has 5 aliphatic heterocycles. The molecule has 3 atom stereocenters. The number of rotatable bonds is 7. The van der Waals surface area contributed by atoms with Gasteiger partial charge < -0.3 is 20.1 Å². The van der Waals surface area contributed by atoms with Crippen molar-refractivity contribution in [3.63, 3.8) is 0 Å². The molecule has 0 spiro atoms. The van der Waals surface area contributed by atoms with Gasteiger partial charge in [-0.15, -0.1) is 0 Å². The third kappa shape index (κ3) is 5.02. The Morgan fingerprint density at radius 3 is 2.83 bits per heavy atom. The summed E-state index contributed by atoms with van der Waals surface area (Å²) < 4.78 is 50.5. The zero-order chi connectivity index (χ0) is 32.4. The van der Waals surface area contributed by atoms with Gasteiger partial charge in [0.05, 0.1) is 10.9 Å². The number of fused-ring (bicyclic) bond motifs is 6. The second-order valence-corrected chi connectivity index (χ2v) is 13.4. The van der Waals surface area contributed by atoms with E-state index in [0.29, 0.717) is 35.8 Å². The topological polar surface area (TPSA) is 86.6 Å². The number of aromatic hydroxyl groups is 1. The van der Waals surface area contributed by atoms with Crippen molar-refractivity contribution in [2.75, 3.05) is 37.7 Å². The van der Waals surface area contributed by atoms with Gasteiger partial charge in [-0.1, -0.05) is 31.7 Å². The number of benzene rings is 2. The van der Waals surface area contributed by atoms with Crippen LogP contribution in [-0.2, 0) is 0 Å². The van der Waals surface area contributed by atoms with Crippen molar-refractivity contribution >= 4 is 33.1 Å². The van der Waals surface area contributed by atoms with Crippen LogP contribution in [0, 0.1) is 5.82 Å². The van der Waals surface area contributed by atoms with Gasteiger partial charge in [0.15, 0.2) is 5.82 Å². The Labute approximate surface area is 271 Å². The molecule has 0 aliphatic carbocycles. The van der Waals surface area contributed by atoms with Crippen LogP contribution in [0.2, 0.25) is 0 Å². The van der Waals surface area contributed by atoms with Crippen molar-refractivity contribution in [2.24, 2.45) is 0 Å². The Hall–Kier alpha value is -4.22. The van der Waals surface area contributed by atoms with E-state index in [1.54, 1.807) is 12.3 Å². The number of piperazine rings is 1. The van der Waals surface area contributed by atoms with Gasteiger partial charge in [0.1, 0.15) is 29.4 Å². The van der Waals surface area contributed by atoms with E-state index in [1.807, 2.05) is 25.1 Å². The first kappa shape index (κ1) is 30.1. The smallest absolute Gasteiger partial charge is 0.319 e. The highest BCUT2D eigenvalue weighted by Crippen LogP contribution is 2.44. The number of ether oxygens (including phenoxy) is 1. The Balaban J connectivity index is 1.27. The molecule has 3 unspecified atom stereocenters. The summed E-state index contributed by atoms with van der Waals surface area (Å²) in [4.78, 5) is 18.4. The fourth-order valence-corrected chi connectivity index (χ4v) is 8.21. The molecule has 0 radical (unpaired) electrons. The second-order valence-electron chi connectivity index (χ2n) is 13.4. The van der Waals surface area contributed by atoms with Crippen LogP contribution in [0.15, 0.2) is 54.8 Å². The summed E-state index contributed by atoms with van der Waals surface area (Å²) in [6.45, 7) is 8.83.